The molecule has 26 heavy (non-hydrogen) atoms. The molecule has 3 aromatic rings. The molecule has 0 radical (unpaired) electrons. The summed E-state index contributed by atoms with van der Waals surface area (Å²) in [5.74, 6) is 0. The van der Waals surface area contributed by atoms with Crippen LogP contribution in [0.1, 0.15) is 12.1 Å². The van der Waals surface area contributed by atoms with Crippen molar-refractivity contribution in [3.63, 3.8) is 0 Å². The van der Waals surface area contributed by atoms with Crippen molar-refractivity contribution in [1.29, 1.82) is 0 Å². The van der Waals surface area contributed by atoms with Crippen LogP contribution >= 0.6 is 11.8 Å². The lowest BCUT2D eigenvalue weighted by atomic mass is 10.1. The average Bonchev–Trinajstić information content (AvgIpc) is 3.13. The quantitative estimate of drug-likeness (QED) is 0.460. The predicted molar refractivity (Wildman–Crippen MR) is 100 cm³/mol. The maximum atomic E-state index is 13.2. The van der Waals surface area contributed by atoms with Crippen LogP contribution in [0.15, 0.2) is 59.5 Å². The van der Waals surface area contributed by atoms with Crippen molar-refractivity contribution in [1.82, 2.24) is 9.78 Å². The Balaban J connectivity index is 2.06. The molecular weight excluding hydrogens is 356 g/mol. The summed E-state index contributed by atoms with van der Waals surface area (Å²) in [4.78, 5) is 13.4. The van der Waals surface area contributed by atoms with Crippen molar-refractivity contribution in [2.75, 3.05) is 18.2 Å². The Morgan fingerprint density at radius 1 is 1.12 bits per heavy atom. The summed E-state index contributed by atoms with van der Waals surface area (Å²) in [5.41, 5.74) is 2.46. The molecule has 0 aliphatic rings. The van der Waals surface area contributed by atoms with E-state index in [-0.39, 0.29) is 5.69 Å². The number of aromatic nitrogens is 2. The summed E-state index contributed by atoms with van der Waals surface area (Å²) < 4.78 is 27.9. The molecule has 1 amide bonds. The van der Waals surface area contributed by atoms with Crippen molar-refractivity contribution in [2.24, 2.45) is 0 Å². The zero-order valence-corrected chi connectivity index (χ0v) is 15.1. The summed E-state index contributed by atoms with van der Waals surface area (Å²) in [5, 5.41) is 4.07. The smallest absolute Gasteiger partial charge is 0.282 e. The molecule has 3 rings (SSSR count). The van der Waals surface area contributed by atoms with Gasteiger partial charge in [-0.1, -0.05) is 12.1 Å². The lowest BCUT2D eigenvalue weighted by Gasteiger charge is -2.12. The molecule has 0 aliphatic heterocycles. The molecule has 4 nitrogen and oxygen atoms in total. The number of nitrogens with zero attached hydrogens (tertiary/aromatic N) is 3. The topological polar surface area (TPSA) is 38.1 Å². The van der Waals surface area contributed by atoms with Gasteiger partial charge in [-0.2, -0.15) is 5.10 Å². The van der Waals surface area contributed by atoms with E-state index in [0.717, 1.165) is 10.5 Å². The minimum Gasteiger partial charge on any atom is -0.318 e. The molecule has 0 aliphatic carbocycles. The molecule has 0 N–H and O–H groups in total. The molecule has 0 unspecified atom stereocenters. The van der Waals surface area contributed by atoms with E-state index in [1.54, 1.807) is 43.1 Å². The Morgan fingerprint density at radius 3 is 2.31 bits per heavy atom. The van der Waals surface area contributed by atoms with Gasteiger partial charge in [0.15, 0.2) is 0 Å². The van der Waals surface area contributed by atoms with Gasteiger partial charge in [0.05, 0.1) is 11.4 Å². The van der Waals surface area contributed by atoms with Gasteiger partial charge in [0, 0.05) is 23.2 Å². The standard InChI is InChI=1S/C19H17F2N3OS/c1-23(12-25)14-5-7-15(8-6-14)24-18(11-17(22-24)19(20)21)13-3-9-16(26-2)10-4-13/h3-12,19H,1-2H3. The van der Waals surface area contributed by atoms with Crippen LogP contribution in [0.3, 0.4) is 0 Å². The van der Waals surface area contributed by atoms with Crippen LogP contribution in [0.4, 0.5) is 14.5 Å². The van der Waals surface area contributed by atoms with Crippen molar-refractivity contribution in [2.45, 2.75) is 11.3 Å². The fourth-order valence-electron chi connectivity index (χ4n) is 2.56. The lowest BCUT2D eigenvalue weighted by molar-refractivity contribution is -0.107. The Kier molecular flexibility index (Phi) is 5.37. The molecule has 0 fully saturated rings. The normalized spacial score (nSPS) is 11.0. The van der Waals surface area contributed by atoms with E-state index in [1.807, 2.05) is 30.5 Å². The highest BCUT2D eigenvalue weighted by atomic mass is 32.2. The number of carbonyl (C=O) groups is 1. The Hall–Kier alpha value is -2.67. The number of rotatable bonds is 6. The molecule has 1 aromatic heterocycles. The number of amides is 1. The van der Waals surface area contributed by atoms with Crippen LogP contribution in [0.2, 0.25) is 0 Å². The van der Waals surface area contributed by atoms with Gasteiger partial charge in [0.1, 0.15) is 5.69 Å². The molecular formula is C19H17F2N3OS. The molecule has 0 saturated carbocycles. The number of halogens is 2. The largest absolute Gasteiger partial charge is 0.318 e. The van der Waals surface area contributed by atoms with Crippen LogP contribution in [0.5, 0.6) is 0 Å². The monoisotopic (exact) mass is 373 g/mol. The third-order valence-corrected chi connectivity index (χ3v) is 4.74. The van der Waals surface area contributed by atoms with E-state index in [1.165, 1.54) is 15.6 Å². The summed E-state index contributed by atoms with van der Waals surface area (Å²) in [7, 11) is 1.64. The van der Waals surface area contributed by atoms with Crippen molar-refractivity contribution >= 4 is 23.9 Å². The molecule has 0 saturated heterocycles. The zero-order chi connectivity index (χ0) is 18.7. The Morgan fingerprint density at radius 2 is 1.77 bits per heavy atom. The predicted octanol–water partition coefficient (Wildman–Crippen LogP) is 4.79. The van der Waals surface area contributed by atoms with Gasteiger partial charge >= 0.3 is 0 Å². The van der Waals surface area contributed by atoms with Crippen molar-refractivity contribution in [3.05, 3.63) is 60.3 Å². The fourth-order valence-corrected chi connectivity index (χ4v) is 2.97. The van der Waals surface area contributed by atoms with Crippen molar-refractivity contribution in [3.8, 4) is 16.9 Å². The maximum Gasteiger partial charge on any atom is 0.282 e. The van der Waals surface area contributed by atoms with Gasteiger partial charge in [-0.25, -0.2) is 13.5 Å². The van der Waals surface area contributed by atoms with E-state index in [2.05, 4.69) is 5.10 Å². The van der Waals surface area contributed by atoms with Crippen LogP contribution < -0.4 is 4.90 Å². The first-order chi connectivity index (χ1) is 12.5. The summed E-state index contributed by atoms with van der Waals surface area (Å²) in [6.07, 6.45) is 0.0312. The van der Waals surface area contributed by atoms with Gasteiger partial charge in [-0.15, -0.1) is 11.8 Å². The highest BCUT2D eigenvalue weighted by molar-refractivity contribution is 7.98. The highest BCUT2D eigenvalue weighted by Gasteiger charge is 2.18. The number of hydrogen-bond acceptors (Lipinski definition) is 3. The Labute approximate surface area is 154 Å². The number of carbonyl (C=O) groups excluding carboxylic acids is 1. The lowest BCUT2D eigenvalue weighted by Crippen LogP contribution is -2.13. The third kappa shape index (κ3) is 3.62. The molecule has 0 bridgehead atoms. The summed E-state index contributed by atoms with van der Waals surface area (Å²) in [6.45, 7) is 0. The molecule has 0 spiro atoms. The molecule has 2 aromatic carbocycles. The van der Waals surface area contributed by atoms with Gasteiger partial charge < -0.3 is 4.90 Å². The van der Waals surface area contributed by atoms with Crippen molar-refractivity contribution < 1.29 is 13.6 Å². The maximum absolute atomic E-state index is 13.2. The van der Waals surface area contributed by atoms with Crippen LogP contribution in [0, 0.1) is 0 Å². The number of anilines is 1. The average molecular weight is 373 g/mol. The third-order valence-electron chi connectivity index (χ3n) is 4.00. The fraction of sp³-hybridized carbons (Fsp3) is 0.158. The first kappa shape index (κ1) is 18.1. The SMILES string of the molecule is CSc1ccc(-c2cc(C(F)F)nn2-c2ccc(N(C)C=O)cc2)cc1. The van der Waals surface area contributed by atoms with Crippen LogP contribution in [0.25, 0.3) is 16.9 Å². The molecule has 0 atom stereocenters. The second-order valence-corrected chi connectivity index (χ2v) is 6.51. The molecule has 134 valence electrons. The number of benzene rings is 2. The first-order valence-corrected chi connectivity index (χ1v) is 9.07. The second-order valence-electron chi connectivity index (χ2n) is 5.63. The van der Waals surface area contributed by atoms with E-state index in [0.29, 0.717) is 23.5 Å². The summed E-state index contributed by atoms with van der Waals surface area (Å²) >= 11 is 1.61. The van der Waals surface area contributed by atoms with Gasteiger partial charge in [0.25, 0.3) is 6.43 Å². The zero-order valence-electron chi connectivity index (χ0n) is 14.3. The van der Waals surface area contributed by atoms with E-state index < -0.39 is 6.43 Å². The second kappa shape index (κ2) is 7.70. The van der Waals surface area contributed by atoms with Crippen LogP contribution in [-0.2, 0) is 4.79 Å². The van der Waals surface area contributed by atoms with Crippen LogP contribution in [-0.4, -0.2) is 29.5 Å². The summed E-state index contributed by atoms with van der Waals surface area (Å²) in [6, 6.07) is 16.1. The minimum atomic E-state index is -2.65. The molecule has 7 heteroatoms. The van der Waals surface area contributed by atoms with E-state index in [4.69, 9.17) is 0 Å². The van der Waals surface area contributed by atoms with Gasteiger partial charge in [-0.05, 0) is 48.7 Å². The number of hydrogen-bond donors (Lipinski definition) is 0. The highest BCUT2D eigenvalue weighted by Crippen LogP contribution is 2.30. The minimum absolute atomic E-state index is 0.275. The Bertz CT molecular complexity index is 892. The van der Waals surface area contributed by atoms with Gasteiger partial charge in [0.2, 0.25) is 6.41 Å². The molecule has 1 heterocycles. The van der Waals surface area contributed by atoms with E-state index in [9.17, 15) is 13.6 Å². The first-order valence-electron chi connectivity index (χ1n) is 7.84. The van der Waals surface area contributed by atoms with E-state index >= 15 is 0 Å². The van der Waals surface area contributed by atoms with Gasteiger partial charge in [-0.3, -0.25) is 4.79 Å². The number of alkyl halides is 2. The number of thioether (sulfide) groups is 1.